The number of fused-ring (bicyclic) bond motifs is 3. The molecule has 0 spiro atoms. The highest BCUT2D eigenvalue weighted by molar-refractivity contribution is 6.10. The van der Waals surface area contributed by atoms with Crippen LogP contribution in [0.15, 0.2) is 34.9 Å². The summed E-state index contributed by atoms with van der Waals surface area (Å²) in [6.07, 6.45) is 0.775. The van der Waals surface area contributed by atoms with E-state index < -0.39 is 5.92 Å². The zero-order chi connectivity index (χ0) is 16.0. The van der Waals surface area contributed by atoms with E-state index in [1.807, 2.05) is 37.4 Å². The Morgan fingerprint density at radius 3 is 2.91 bits per heavy atom. The Hall–Kier alpha value is -2.89. The summed E-state index contributed by atoms with van der Waals surface area (Å²) in [4.78, 5) is 23.5. The van der Waals surface area contributed by atoms with Gasteiger partial charge in [-0.25, -0.2) is 0 Å². The third kappa shape index (κ3) is 2.14. The molecule has 3 aromatic rings. The average molecular weight is 309 g/mol. The smallest absolute Gasteiger partial charge is 0.235 e. The minimum Gasteiger partial charge on any atom is -0.388 e. The van der Waals surface area contributed by atoms with Crippen molar-refractivity contribution in [3.05, 3.63) is 36.0 Å². The van der Waals surface area contributed by atoms with Crippen LogP contribution in [0.1, 0.15) is 24.5 Å². The molecular weight excluding hydrogens is 294 g/mol. The second kappa shape index (κ2) is 5.08. The maximum atomic E-state index is 12.2. The first-order valence-electron chi connectivity index (χ1n) is 7.51. The summed E-state index contributed by atoms with van der Waals surface area (Å²) < 4.78 is 5.41. The van der Waals surface area contributed by atoms with E-state index >= 15 is 0 Å². The fourth-order valence-electron chi connectivity index (χ4n) is 3.14. The molecule has 0 radical (unpaired) electrons. The molecule has 1 aliphatic rings. The molecule has 2 N–H and O–H groups in total. The number of amides is 2. The number of imide groups is 1. The third-order valence-corrected chi connectivity index (χ3v) is 4.34. The Kier molecular flexibility index (Phi) is 3.04. The van der Waals surface area contributed by atoms with Gasteiger partial charge in [-0.3, -0.25) is 14.9 Å². The van der Waals surface area contributed by atoms with Gasteiger partial charge in [0.15, 0.2) is 5.58 Å². The molecule has 0 bridgehead atoms. The Labute approximate surface area is 131 Å². The van der Waals surface area contributed by atoms with Crippen molar-refractivity contribution in [1.82, 2.24) is 10.5 Å². The molecule has 1 aromatic heterocycles. The van der Waals surface area contributed by atoms with Gasteiger partial charge >= 0.3 is 0 Å². The third-order valence-electron chi connectivity index (χ3n) is 4.34. The molecule has 1 atom stereocenters. The number of anilines is 1. The highest BCUT2D eigenvalue weighted by Crippen LogP contribution is 2.35. The van der Waals surface area contributed by atoms with E-state index in [0.717, 1.165) is 21.8 Å². The highest BCUT2D eigenvalue weighted by atomic mass is 16.5. The fourth-order valence-corrected chi connectivity index (χ4v) is 3.14. The first kappa shape index (κ1) is 13.8. The molecule has 1 fully saturated rings. The molecule has 0 saturated carbocycles. The van der Waals surface area contributed by atoms with E-state index in [4.69, 9.17) is 4.52 Å². The number of aromatic nitrogens is 1. The van der Waals surface area contributed by atoms with E-state index in [9.17, 15) is 9.59 Å². The normalized spacial score (nSPS) is 18.4. The van der Waals surface area contributed by atoms with Gasteiger partial charge in [0, 0.05) is 19.2 Å². The van der Waals surface area contributed by atoms with Gasteiger partial charge in [0.2, 0.25) is 11.8 Å². The molecule has 1 saturated heterocycles. The summed E-state index contributed by atoms with van der Waals surface area (Å²) in [6, 6.07) is 9.84. The summed E-state index contributed by atoms with van der Waals surface area (Å²) in [6.45, 7) is 0. The number of nitrogens with zero attached hydrogens (tertiary/aromatic N) is 1. The van der Waals surface area contributed by atoms with Gasteiger partial charge in [-0.05, 0) is 35.4 Å². The van der Waals surface area contributed by atoms with Crippen molar-refractivity contribution in [3.63, 3.8) is 0 Å². The summed E-state index contributed by atoms with van der Waals surface area (Å²) in [5, 5.41) is 12.5. The van der Waals surface area contributed by atoms with Crippen LogP contribution in [0, 0.1) is 0 Å². The number of benzene rings is 2. The fraction of sp³-hybridized carbons (Fsp3) is 0.235. The van der Waals surface area contributed by atoms with Gasteiger partial charge in [0.1, 0.15) is 5.69 Å². The average Bonchev–Trinajstić information content (AvgIpc) is 2.98. The van der Waals surface area contributed by atoms with Crippen LogP contribution in [0.5, 0.6) is 0 Å². The van der Waals surface area contributed by atoms with Gasteiger partial charge in [-0.1, -0.05) is 17.3 Å². The van der Waals surface area contributed by atoms with Gasteiger partial charge in [-0.2, -0.15) is 0 Å². The molecule has 4 rings (SSSR count). The molecule has 116 valence electrons. The molecule has 2 heterocycles. The molecule has 1 aliphatic heterocycles. The number of nitrogens with one attached hydrogen (secondary N) is 2. The van der Waals surface area contributed by atoms with Crippen LogP contribution in [-0.2, 0) is 9.59 Å². The van der Waals surface area contributed by atoms with Crippen LogP contribution >= 0.6 is 0 Å². The number of carbonyl (C=O) groups is 2. The van der Waals surface area contributed by atoms with Gasteiger partial charge in [0.25, 0.3) is 0 Å². The molecule has 0 aliphatic carbocycles. The van der Waals surface area contributed by atoms with E-state index in [-0.39, 0.29) is 11.8 Å². The first-order chi connectivity index (χ1) is 11.2. The van der Waals surface area contributed by atoms with Crippen LogP contribution < -0.4 is 10.6 Å². The van der Waals surface area contributed by atoms with Crippen LogP contribution in [0.3, 0.4) is 0 Å². The van der Waals surface area contributed by atoms with Gasteiger partial charge in [-0.15, -0.1) is 0 Å². The van der Waals surface area contributed by atoms with Crippen LogP contribution in [-0.4, -0.2) is 24.0 Å². The quantitative estimate of drug-likeness (QED) is 0.711. The SMILES string of the molecule is CNc1ccc2c(ccc3onc([C@H]4CCC(=O)NC4=O)c32)c1. The zero-order valence-corrected chi connectivity index (χ0v) is 12.6. The van der Waals surface area contributed by atoms with Crippen LogP contribution in [0.4, 0.5) is 5.69 Å². The summed E-state index contributed by atoms with van der Waals surface area (Å²) in [5.74, 6) is -0.994. The monoisotopic (exact) mass is 309 g/mol. The lowest BCUT2D eigenvalue weighted by Crippen LogP contribution is -2.39. The highest BCUT2D eigenvalue weighted by Gasteiger charge is 2.32. The Morgan fingerprint density at radius 2 is 2.13 bits per heavy atom. The number of rotatable bonds is 2. The maximum absolute atomic E-state index is 12.2. The maximum Gasteiger partial charge on any atom is 0.235 e. The van der Waals surface area contributed by atoms with Gasteiger partial charge < -0.3 is 9.84 Å². The molecule has 2 aromatic carbocycles. The first-order valence-corrected chi connectivity index (χ1v) is 7.51. The van der Waals surface area contributed by atoms with Crippen molar-refractivity contribution in [3.8, 4) is 0 Å². The zero-order valence-electron chi connectivity index (χ0n) is 12.6. The Bertz CT molecular complexity index is 945. The molecular formula is C17H15N3O3. The predicted molar refractivity (Wildman–Crippen MR) is 86.2 cm³/mol. The Balaban J connectivity index is 1.92. The second-order valence-electron chi connectivity index (χ2n) is 5.70. The minimum absolute atomic E-state index is 0.234. The Morgan fingerprint density at radius 1 is 1.26 bits per heavy atom. The number of hydrogen-bond donors (Lipinski definition) is 2. The lowest BCUT2D eigenvalue weighted by Gasteiger charge is -2.19. The van der Waals surface area contributed by atoms with Crippen molar-refractivity contribution >= 4 is 39.2 Å². The number of piperidine rings is 1. The van der Waals surface area contributed by atoms with Crippen LogP contribution in [0.25, 0.3) is 21.7 Å². The van der Waals surface area contributed by atoms with Gasteiger partial charge in [0.05, 0.1) is 11.3 Å². The topological polar surface area (TPSA) is 84.2 Å². The lowest BCUT2D eigenvalue weighted by atomic mass is 9.91. The molecule has 6 heteroatoms. The summed E-state index contributed by atoms with van der Waals surface area (Å²) in [7, 11) is 1.87. The standard InChI is InChI=1S/C17H15N3O3/c1-18-10-3-4-11-9(8-10)2-6-13-15(11)16(20-23-13)12-5-7-14(21)19-17(12)22/h2-4,6,8,12,18H,5,7H2,1H3,(H,19,21,22)/t12-/m1/s1. The van der Waals surface area contributed by atoms with E-state index in [1.165, 1.54) is 0 Å². The lowest BCUT2D eigenvalue weighted by molar-refractivity contribution is -0.134. The van der Waals surface area contributed by atoms with Crippen LogP contribution in [0.2, 0.25) is 0 Å². The predicted octanol–water partition coefficient (Wildman–Crippen LogP) is 2.54. The van der Waals surface area contributed by atoms with E-state index in [1.54, 1.807) is 0 Å². The summed E-state index contributed by atoms with van der Waals surface area (Å²) >= 11 is 0. The molecule has 2 amide bonds. The molecule has 23 heavy (non-hydrogen) atoms. The largest absolute Gasteiger partial charge is 0.388 e. The molecule has 0 unspecified atom stereocenters. The van der Waals surface area contributed by atoms with Crippen molar-refractivity contribution < 1.29 is 14.1 Å². The minimum atomic E-state index is -0.455. The number of hydrogen-bond acceptors (Lipinski definition) is 5. The van der Waals surface area contributed by atoms with Crippen molar-refractivity contribution in [2.45, 2.75) is 18.8 Å². The van der Waals surface area contributed by atoms with E-state index in [0.29, 0.717) is 24.1 Å². The second-order valence-corrected chi connectivity index (χ2v) is 5.70. The molecule has 6 nitrogen and oxygen atoms in total. The van der Waals surface area contributed by atoms with Crippen molar-refractivity contribution in [1.29, 1.82) is 0 Å². The van der Waals surface area contributed by atoms with E-state index in [2.05, 4.69) is 15.8 Å². The summed E-state index contributed by atoms with van der Waals surface area (Å²) in [5.41, 5.74) is 2.26. The number of carbonyl (C=O) groups excluding carboxylic acids is 2. The van der Waals surface area contributed by atoms with Crippen molar-refractivity contribution in [2.75, 3.05) is 12.4 Å². The van der Waals surface area contributed by atoms with Crippen molar-refractivity contribution in [2.24, 2.45) is 0 Å².